The second-order valence-corrected chi connectivity index (χ2v) is 5.83. The standard InChI is InChI=1S/C11H16N2O5S/c1-3-18-11(15)7-13(2)19(16,17)8-4-5-10(14)9(12)6-8/h4-6,14H,3,7,12H2,1-2H3. The van der Waals surface area contributed by atoms with Crippen molar-refractivity contribution in [2.45, 2.75) is 11.8 Å². The Kier molecular flexibility index (Phi) is 4.73. The largest absolute Gasteiger partial charge is 0.506 e. The van der Waals surface area contributed by atoms with Crippen LogP contribution in [0.25, 0.3) is 0 Å². The van der Waals surface area contributed by atoms with Crippen molar-refractivity contribution < 1.29 is 23.1 Å². The lowest BCUT2D eigenvalue weighted by Gasteiger charge is -2.16. The summed E-state index contributed by atoms with van der Waals surface area (Å²) in [5, 5.41) is 9.26. The number of nitrogens with two attached hydrogens (primary N) is 1. The molecule has 1 aromatic rings. The average Bonchev–Trinajstić information content (AvgIpc) is 2.32. The minimum Gasteiger partial charge on any atom is -0.506 e. The number of phenolic OH excluding ortho intramolecular Hbond substituents is 1. The lowest BCUT2D eigenvalue weighted by molar-refractivity contribution is -0.143. The van der Waals surface area contributed by atoms with Gasteiger partial charge in [0.15, 0.2) is 0 Å². The van der Waals surface area contributed by atoms with E-state index in [1.54, 1.807) is 6.92 Å². The summed E-state index contributed by atoms with van der Waals surface area (Å²) in [6.07, 6.45) is 0. The summed E-state index contributed by atoms with van der Waals surface area (Å²) in [6, 6.07) is 3.52. The quantitative estimate of drug-likeness (QED) is 0.453. The normalized spacial score (nSPS) is 11.5. The molecule has 0 fully saturated rings. The lowest BCUT2D eigenvalue weighted by Crippen LogP contribution is -2.33. The fourth-order valence-corrected chi connectivity index (χ4v) is 2.50. The Hall–Kier alpha value is -1.80. The summed E-state index contributed by atoms with van der Waals surface area (Å²) in [7, 11) is -2.59. The molecule has 0 amide bonds. The molecule has 1 rings (SSSR count). The van der Waals surface area contributed by atoms with E-state index in [0.717, 1.165) is 10.4 Å². The number of ether oxygens (including phenoxy) is 1. The Morgan fingerprint density at radius 2 is 2.11 bits per heavy atom. The molecule has 0 aromatic heterocycles. The number of hydrogen-bond acceptors (Lipinski definition) is 6. The molecule has 7 nitrogen and oxygen atoms in total. The highest BCUT2D eigenvalue weighted by Gasteiger charge is 2.24. The zero-order valence-corrected chi connectivity index (χ0v) is 11.5. The Bertz CT molecular complexity index is 570. The number of esters is 1. The predicted octanol–water partition coefficient (Wildman–Crippen LogP) is 0.158. The Morgan fingerprint density at radius 3 is 2.63 bits per heavy atom. The van der Waals surface area contributed by atoms with Gasteiger partial charge in [0.1, 0.15) is 12.3 Å². The molecule has 0 saturated carbocycles. The topological polar surface area (TPSA) is 110 Å². The highest BCUT2D eigenvalue weighted by atomic mass is 32.2. The fraction of sp³-hybridized carbons (Fsp3) is 0.364. The van der Waals surface area contributed by atoms with Crippen LogP contribution in [0.4, 0.5) is 5.69 Å². The van der Waals surface area contributed by atoms with Gasteiger partial charge in [-0.1, -0.05) is 0 Å². The van der Waals surface area contributed by atoms with Crippen molar-refractivity contribution in [2.24, 2.45) is 0 Å². The van der Waals surface area contributed by atoms with Crippen LogP contribution in [0, 0.1) is 0 Å². The van der Waals surface area contributed by atoms with E-state index < -0.39 is 22.5 Å². The van der Waals surface area contributed by atoms with Crippen molar-refractivity contribution >= 4 is 21.7 Å². The number of nitrogen functional groups attached to an aromatic ring is 1. The minimum atomic E-state index is -3.85. The maximum absolute atomic E-state index is 12.1. The zero-order chi connectivity index (χ0) is 14.6. The van der Waals surface area contributed by atoms with E-state index in [0.29, 0.717) is 0 Å². The van der Waals surface area contributed by atoms with Gasteiger partial charge in [-0.3, -0.25) is 4.79 Å². The maximum Gasteiger partial charge on any atom is 0.321 e. The van der Waals surface area contributed by atoms with Gasteiger partial charge in [-0.2, -0.15) is 4.31 Å². The summed E-state index contributed by atoms with van der Waals surface area (Å²) in [5.41, 5.74) is 5.39. The van der Waals surface area contributed by atoms with E-state index in [4.69, 9.17) is 5.73 Å². The Balaban J connectivity index is 2.96. The van der Waals surface area contributed by atoms with E-state index in [1.165, 1.54) is 19.2 Å². The summed E-state index contributed by atoms with van der Waals surface area (Å²) < 4.78 is 29.8. The summed E-state index contributed by atoms with van der Waals surface area (Å²) in [5.74, 6) is -0.840. The van der Waals surface area contributed by atoms with Gasteiger partial charge in [-0.15, -0.1) is 0 Å². The van der Waals surface area contributed by atoms with Gasteiger partial charge in [0.05, 0.1) is 17.2 Å². The van der Waals surface area contributed by atoms with Crippen LogP contribution in [0.2, 0.25) is 0 Å². The second kappa shape index (κ2) is 5.89. The molecule has 0 atom stereocenters. The first-order valence-corrected chi connectivity index (χ1v) is 6.93. The van der Waals surface area contributed by atoms with Gasteiger partial charge in [0.25, 0.3) is 0 Å². The van der Waals surface area contributed by atoms with Gasteiger partial charge in [0.2, 0.25) is 10.0 Å². The van der Waals surface area contributed by atoms with Crippen molar-refractivity contribution in [2.75, 3.05) is 25.9 Å². The molecule has 0 spiro atoms. The number of hydrogen-bond donors (Lipinski definition) is 2. The van der Waals surface area contributed by atoms with Crippen LogP contribution in [0.15, 0.2) is 23.1 Å². The molecule has 106 valence electrons. The number of nitrogens with zero attached hydrogens (tertiary/aromatic N) is 1. The SMILES string of the molecule is CCOC(=O)CN(C)S(=O)(=O)c1ccc(O)c(N)c1. The summed E-state index contributed by atoms with van der Waals surface area (Å²) >= 11 is 0. The van der Waals surface area contributed by atoms with Crippen LogP contribution in [0.5, 0.6) is 5.75 Å². The van der Waals surface area contributed by atoms with E-state index in [2.05, 4.69) is 4.74 Å². The smallest absolute Gasteiger partial charge is 0.321 e. The van der Waals surface area contributed by atoms with Gasteiger partial charge in [-0.05, 0) is 25.1 Å². The van der Waals surface area contributed by atoms with Crippen molar-refractivity contribution in [1.82, 2.24) is 4.31 Å². The van der Waals surface area contributed by atoms with Crippen LogP contribution >= 0.6 is 0 Å². The number of phenols is 1. The second-order valence-electron chi connectivity index (χ2n) is 3.79. The molecule has 0 aliphatic rings. The van der Waals surface area contributed by atoms with E-state index in [1.807, 2.05) is 0 Å². The number of carbonyl (C=O) groups is 1. The third-order valence-corrected chi connectivity index (χ3v) is 4.16. The van der Waals surface area contributed by atoms with E-state index in [9.17, 15) is 18.3 Å². The van der Waals surface area contributed by atoms with Crippen molar-refractivity contribution in [3.63, 3.8) is 0 Å². The number of carbonyl (C=O) groups excluding carboxylic acids is 1. The van der Waals surface area contributed by atoms with E-state index >= 15 is 0 Å². The highest BCUT2D eigenvalue weighted by Crippen LogP contribution is 2.24. The molecule has 0 radical (unpaired) electrons. The molecule has 0 aliphatic carbocycles. The maximum atomic E-state index is 12.1. The summed E-state index contributed by atoms with van der Waals surface area (Å²) in [6.45, 7) is 1.42. The number of aromatic hydroxyl groups is 1. The lowest BCUT2D eigenvalue weighted by atomic mass is 10.3. The molecule has 0 aliphatic heterocycles. The number of sulfonamides is 1. The van der Waals surface area contributed by atoms with E-state index in [-0.39, 0.29) is 22.9 Å². The third kappa shape index (κ3) is 3.58. The predicted molar refractivity (Wildman–Crippen MR) is 69.0 cm³/mol. The van der Waals surface area contributed by atoms with Crippen LogP contribution in [0.3, 0.4) is 0 Å². The van der Waals surface area contributed by atoms with Gasteiger partial charge >= 0.3 is 5.97 Å². The van der Waals surface area contributed by atoms with Crippen LogP contribution in [-0.4, -0.2) is 44.0 Å². The number of rotatable bonds is 5. The molecule has 19 heavy (non-hydrogen) atoms. The average molecular weight is 288 g/mol. The number of benzene rings is 1. The molecule has 0 bridgehead atoms. The first-order valence-electron chi connectivity index (χ1n) is 5.49. The van der Waals surface area contributed by atoms with Crippen molar-refractivity contribution in [3.8, 4) is 5.75 Å². The molecular weight excluding hydrogens is 272 g/mol. The van der Waals surface area contributed by atoms with Crippen molar-refractivity contribution in [3.05, 3.63) is 18.2 Å². The minimum absolute atomic E-state index is 0.0504. The molecule has 8 heteroatoms. The highest BCUT2D eigenvalue weighted by molar-refractivity contribution is 7.89. The van der Waals surface area contributed by atoms with Crippen LogP contribution in [-0.2, 0) is 19.6 Å². The number of likely N-dealkylation sites (N-methyl/N-ethyl adjacent to an activating group) is 1. The monoisotopic (exact) mass is 288 g/mol. The molecule has 3 N–H and O–H groups in total. The van der Waals surface area contributed by atoms with Gasteiger partial charge in [0, 0.05) is 7.05 Å². The summed E-state index contributed by atoms with van der Waals surface area (Å²) in [4.78, 5) is 11.2. The van der Waals surface area contributed by atoms with Gasteiger partial charge < -0.3 is 15.6 Å². The van der Waals surface area contributed by atoms with Crippen molar-refractivity contribution in [1.29, 1.82) is 0 Å². The first-order chi connectivity index (χ1) is 8.78. The Morgan fingerprint density at radius 1 is 1.47 bits per heavy atom. The number of anilines is 1. The van der Waals surface area contributed by atoms with Gasteiger partial charge in [-0.25, -0.2) is 8.42 Å². The van der Waals surface area contributed by atoms with Crippen LogP contribution in [0.1, 0.15) is 6.92 Å². The molecular formula is C11H16N2O5S. The Labute approximate surface area is 111 Å². The van der Waals surface area contributed by atoms with Crippen LogP contribution < -0.4 is 5.73 Å². The first kappa shape index (κ1) is 15.3. The molecule has 0 unspecified atom stereocenters. The third-order valence-electron chi connectivity index (χ3n) is 2.36. The molecule has 0 saturated heterocycles. The molecule has 0 heterocycles. The fourth-order valence-electron chi connectivity index (χ4n) is 1.35. The molecule has 1 aromatic carbocycles. The zero-order valence-electron chi connectivity index (χ0n) is 10.7.